The third-order valence-electron chi connectivity index (χ3n) is 2.22. The maximum atomic E-state index is 11.1. The third-order valence-corrected chi connectivity index (χ3v) is 2.22. The van der Waals surface area contributed by atoms with E-state index in [4.69, 9.17) is 4.42 Å². The number of aromatic hydroxyl groups is 1. The highest BCUT2D eigenvalue weighted by Gasteiger charge is 2.12. The molecule has 0 saturated carbocycles. The first kappa shape index (κ1) is 9.58. The van der Waals surface area contributed by atoms with Gasteiger partial charge >= 0.3 is 5.76 Å². The summed E-state index contributed by atoms with van der Waals surface area (Å²) in [6.45, 7) is 1.88. The Kier molecular flexibility index (Phi) is 2.33. The minimum absolute atomic E-state index is 0.129. The van der Waals surface area contributed by atoms with Crippen molar-refractivity contribution < 1.29 is 9.52 Å². The van der Waals surface area contributed by atoms with E-state index in [9.17, 15) is 9.90 Å². The summed E-state index contributed by atoms with van der Waals surface area (Å²) in [5.41, 5.74) is 1.14. The summed E-state index contributed by atoms with van der Waals surface area (Å²) in [5, 5.41) is 9.63. The number of H-pyrrole nitrogens is 1. The number of para-hydroxylation sites is 1. The van der Waals surface area contributed by atoms with Crippen LogP contribution in [0.1, 0.15) is 12.7 Å². The first-order chi connectivity index (χ1) is 7.22. The number of rotatable bonds is 2. The lowest BCUT2D eigenvalue weighted by molar-refractivity contribution is 0.471. The largest absolute Gasteiger partial charge is 0.507 e. The molecule has 1 aromatic carbocycles. The van der Waals surface area contributed by atoms with Crippen LogP contribution in [0.4, 0.5) is 0 Å². The van der Waals surface area contributed by atoms with E-state index in [-0.39, 0.29) is 5.75 Å². The molecule has 4 nitrogen and oxygen atoms in total. The summed E-state index contributed by atoms with van der Waals surface area (Å²) in [5.74, 6) is 0.191. The van der Waals surface area contributed by atoms with Crippen molar-refractivity contribution in [2.45, 2.75) is 13.3 Å². The number of nitrogens with one attached hydrogen (secondary N) is 1. The lowest BCUT2D eigenvalue weighted by Crippen LogP contribution is -1.94. The summed E-state index contributed by atoms with van der Waals surface area (Å²) in [6.07, 6.45) is 0.600. The quantitative estimate of drug-likeness (QED) is 0.786. The molecule has 15 heavy (non-hydrogen) atoms. The molecule has 0 radical (unpaired) electrons. The molecule has 0 atom stereocenters. The number of phenolic OH excluding ortho intramolecular Hbond substituents is 1. The highest BCUT2D eigenvalue weighted by atomic mass is 16.4. The fraction of sp³-hybridized carbons (Fsp3) is 0.182. The normalized spacial score (nSPS) is 10.5. The molecule has 4 heteroatoms. The molecule has 0 aliphatic rings. The topological polar surface area (TPSA) is 66.2 Å². The number of aromatic amines is 1. The van der Waals surface area contributed by atoms with Gasteiger partial charge in [0.25, 0.3) is 0 Å². The van der Waals surface area contributed by atoms with E-state index in [1.165, 1.54) is 0 Å². The standard InChI is InChI=1S/C11H11NO3/c1-2-9-10(12-11(14)15-9)7-5-3-4-6-8(7)13/h3-6,13H,2H2,1H3,(H,12,14). The zero-order valence-corrected chi connectivity index (χ0v) is 8.28. The molecule has 0 unspecified atom stereocenters. The molecule has 0 bridgehead atoms. The Labute approximate surface area is 86.2 Å². The predicted molar refractivity (Wildman–Crippen MR) is 55.8 cm³/mol. The van der Waals surface area contributed by atoms with Gasteiger partial charge in [0.15, 0.2) is 0 Å². The van der Waals surface area contributed by atoms with Crippen LogP contribution in [0.3, 0.4) is 0 Å². The van der Waals surface area contributed by atoms with E-state index in [1.54, 1.807) is 24.3 Å². The molecule has 0 fully saturated rings. The Morgan fingerprint density at radius 1 is 1.40 bits per heavy atom. The highest BCUT2D eigenvalue weighted by Crippen LogP contribution is 2.29. The van der Waals surface area contributed by atoms with E-state index in [0.717, 1.165) is 0 Å². The van der Waals surface area contributed by atoms with Crippen molar-refractivity contribution in [3.05, 3.63) is 40.6 Å². The molecule has 2 aromatic rings. The number of aromatic nitrogens is 1. The van der Waals surface area contributed by atoms with Gasteiger partial charge in [-0.05, 0) is 12.1 Å². The Morgan fingerprint density at radius 2 is 2.13 bits per heavy atom. The molecule has 2 N–H and O–H groups in total. The first-order valence-corrected chi connectivity index (χ1v) is 4.72. The van der Waals surface area contributed by atoms with Gasteiger partial charge in [0.2, 0.25) is 0 Å². The van der Waals surface area contributed by atoms with Gasteiger partial charge in [-0.15, -0.1) is 0 Å². The highest BCUT2D eigenvalue weighted by molar-refractivity contribution is 5.67. The number of oxazole rings is 1. The number of phenols is 1. The second kappa shape index (κ2) is 3.65. The lowest BCUT2D eigenvalue weighted by atomic mass is 10.1. The van der Waals surface area contributed by atoms with Gasteiger partial charge in [0.1, 0.15) is 11.5 Å². The van der Waals surface area contributed by atoms with Crippen molar-refractivity contribution in [1.82, 2.24) is 4.98 Å². The van der Waals surface area contributed by atoms with Crippen LogP contribution >= 0.6 is 0 Å². The second-order valence-electron chi connectivity index (χ2n) is 3.18. The van der Waals surface area contributed by atoms with Crippen molar-refractivity contribution in [2.24, 2.45) is 0 Å². The third kappa shape index (κ3) is 1.66. The van der Waals surface area contributed by atoms with Crippen molar-refractivity contribution in [1.29, 1.82) is 0 Å². The van der Waals surface area contributed by atoms with Crippen LogP contribution in [0.15, 0.2) is 33.5 Å². The minimum Gasteiger partial charge on any atom is -0.507 e. The molecular formula is C11H11NO3. The SMILES string of the molecule is CCc1oc(=O)[nH]c1-c1ccccc1O. The number of hydrogen-bond acceptors (Lipinski definition) is 3. The molecule has 0 aliphatic carbocycles. The van der Waals surface area contributed by atoms with Gasteiger partial charge in [-0.3, -0.25) is 4.98 Å². The zero-order chi connectivity index (χ0) is 10.8. The Balaban J connectivity index is 2.63. The fourth-order valence-electron chi connectivity index (χ4n) is 1.51. The lowest BCUT2D eigenvalue weighted by Gasteiger charge is -2.01. The molecule has 0 aliphatic heterocycles. The predicted octanol–water partition coefficient (Wildman–Crippen LogP) is 1.90. The second-order valence-corrected chi connectivity index (χ2v) is 3.18. The van der Waals surface area contributed by atoms with Crippen LogP contribution in [0.2, 0.25) is 0 Å². The summed E-state index contributed by atoms with van der Waals surface area (Å²) in [7, 11) is 0. The van der Waals surface area contributed by atoms with Crippen LogP contribution in [0.5, 0.6) is 5.75 Å². The molecular weight excluding hydrogens is 194 g/mol. The Morgan fingerprint density at radius 3 is 2.80 bits per heavy atom. The number of benzene rings is 1. The smallest absolute Gasteiger partial charge is 0.416 e. The van der Waals surface area contributed by atoms with E-state index in [1.807, 2.05) is 6.92 Å². The maximum Gasteiger partial charge on any atom is 0.416 e. The van der Waals surface area contributed by atoms with Crippen molar-refractivity contribution in [2.75, 3.05) is 0 Å². The molecule has 1 aromatic heterocycles. The van der Waals surface area contributed by atoms with E-state index in [0.29, 0.717) is 23.4 Å². The van der Waals surface area contributed by atoms with Crippen LogP contribution in [-0.4, -0.2) is 10.1 Å². The minimum atomic E-state index is -0.495. The average molecular weight is 205 g/mol. The fourth-order valence-corrected chi connectivity index (χ4v) is 1.51. The average Bonchev–Trinajstić information content (AvgIpc) is 2.60. The van der Waals surface area contributed by atoms with Gasteiger partial charge in [0.05, 0.1) is 5.69 Å². The van der Waals surface area contributed by atoms with Crippen molar-refractivity contribution in [3.63, 3.8) is 0 Å². The molecule has 78 valence electrons. The summed E-state index contributed by atoms with van der Waals surface area (Å²) in [4.78, 5) is 13.6. The first-order valence-electron chi connectivity index (χ1n) is 4.72. The van der Waals surface area contributed by atoms with Gasteiger partial charge in [-0.1, -0.05) is 19.1 Å². The Hall–Kier alpha value is -1.97. The summed E-state index contributed by atoms with van der Waals surface area (Å²) < 4.78 is 4.95. The monoisotopic (exact) mass is 205 g/mol. The summed E-state index contributed by atoms with van der Waals surface area (Å²) >= 11 is 0. The van der Waals surface area contributed by atoms with Crippen molar-refractivity contribution in [3.8, 4) is 17.0 Å². The van der Waals surface area contributed by atoms with E-state index in [2.05, 4.69) is 4.98 Å². The molecule has 0 spiro atoms. The molecule has 0 saturated heterocycles. The zero-order valence-electron chi connectivity index (χ0n) is 8.28. The van der Waals surface area contributed by atoms with Crippen LogP contribution in [0, 0.1) is 0 Å². The van der Waals surface area contributed by atoms with Crippen molar-refractivity contribution >= 4 is 0 Å². The molecule has 2 rings (SSSR count). The molecule has 0 amide bonds. The van der Waals surface area contributed by atoms with Crippen LogP contribution in [0.25, 0.3) is 11.3 Å². The Bertz CT molecular complexity index is 525. The number of aryl methyl sites for hydroxylation is 1. The van der Waals surface area contributed by atoms with Crippen LogP contribution < -0.4 is 5.76 Å². The van der Waals surface area contributed by atoms with Gasteiger partial charge in [0, 0.05) is 12.0 Å². The van der Waals surface area contributed by atoms with Gasteiger partial charge < -0.3 is 9.52 Å². The molecule has 1 heterocycles. The van der Waals surface area contributed by atoms with Gasteiger partial charge in [-0.2, -0.15) is 0 Å². The van der Waals surface area contributed by atoms with Gasteiger partial charge in [-0.25, -0.2) is 4.79 Å². The van der Waals surface area contributed by atoms with E-state index >= 15 is 0 Å². The maximum absolute atomic E-state index is 11.1. The summed E-state index contributed by atoms with van der Waals surface area (Å²) in [6, 6.07) is 6.82. The number of hydrogen-bond donors (Lipinski definition) is 2. The van der Waals surface area contributed by atoms with E-state index < -0.39 is 5.76 Å². The van der Waals surface area contributed by atoms with Crippen LogP contribution in [-0.2, 0) is 6.42 Å².